The Balaban J connectivity index is 1.99. The number of methoxy groups -OCH3 is 1. The fraction of sp³-hybridized carbons (Fsp3) is 0.0625. The lowest BCUT2D eigenvalue weighted by atomic mass is 10.1. The second-order valence-electron chi connectivity index (χ2n) is 4.66. The normalized spacial score (nSPS) is 10.6. The fourth-order valence-electron chi connectivity index (χ4n) is 2.15. The van der Waals surface area contributed by atoms with Gasteiger partial charge in [-0.2, -0.15) is 0 Å². The Morgan fingerprint density at radius 3 is 2.41 bits per heavy atom. The van der Waals surface area contributed by atoms with Crippen molar-refractivity contribution in [3.8, 4) is 11.4 Å². The predicted octanol–water partition coefficient (Wildman–Crippen LogP) is 3.40. The molecule has 1 aromatic heterocycles. The molecule has 0 aliphatic carbocycles. The van der Waals surface area contributed by atoms with Crippen LogP contribution < -0.4 is 0 Å². The Labute approximate surface area is 130 Å². The van der Waals surface area contributed by atoms with E-state index in [1.165, 1.54) is 7.11 Å². The van der Waals surface area contributed by atoms with Crippen molar-refractivity contribution in [1.29, 1.82) is 0 Å². The van der Waals surface area contributed by atoms with E-state index in [1.54, 1.807) is 42.5 Å². The minimum absolute atomic E-state index is 0.388. The summed E-state index contributed by atoms with van der Waals surface area (Å²) in [7, 11) is 1.34. The number of aromatic amines is 1. The molecule has 0 unspecified atom stereocenters. The van der Waals surface area contributed by atoms with Gasteiger partial charge < -0.3 is 9.72 Å². The molecule has 1 N–H and O–H groups in total. The molecule has 3 aromatic rings. The Kier molecular flexibility index (Phi) is 3.65. The molecule has 3 rings (SSSR count). The molecule has 0 saturated carbocycles. The van der Waals surface area contributed by atoms with Gasteiger partial charge in [-0.3, -0.25) is 4.79 Å². The number of halogens is 1. The van der Waals surface area contributed by atoms with Gasteiger partial charge in [0.2, 0.25) is 0 Å². The topological polar surface area (TPSA) is 72.0 Å². The van der Waals surface area contributed by atoms with E-state index in [1.807, 2.05) is 0 Å². The van der Waals surface area contributed by atoms with Crippen LogP contribution in [0.2, 0.25) is 0 Å². The zero-order valence-electron chi connectivity index (χ0n) is 11.6. The lowest BCUT2D eigenvalue weighted by Gasteiger charge is -2.00. The molecule has 0 aliphatic rings. The van der Waals surface area contributed by atoms with Gasteiger partial charge in [0, 0.05) is 11.1 Å². The third-order valence-electron chi connectivity index (χ3n) is 3.29. The van der Waals surface area contributed by atoms with Gasteiger partial charge in [0.25, 0.3) is 5.24 Å². The smallest absolute Gasteiger partial charge is 0.337 e. The van der Waals surface area contributed by atoms with E-state index in [0.717, 1.165) is 16.6 Å². The van der Waals surface area contributed by atoms with Gasteiger partial charge in [-0.05, 0) is 41.9 Å². The molecule has 5 nitrogen and oxygen atoms in total. The van der Waals surface area contributed by atoms with E-state index in [9.17, 15) is 9.59 Å². The highest BCUT2D eigenvalue weighted by Crippen LogP contribution is 2.22. The molecule has 110 valence electrons. The van der Waals surface area contributed by atoms with Crippen molar-refractivity contribution in [2.24, 2.45) is 0 Å². The number of benzene rings is 2. The summed E-state index contributed by atoms with van der Waals surface area (Å²) in [6, 6.07) is 11.9. The first-order chi connectivity index (χ1) is 10.6. The fourth-order valence-corrected chi connectivity index (χ4v) is 2.27. The van der Waals surface area contributed by atoms with E-state index >= 15 is 0 Å². The molecule has 0 atom stereocenters. The molecule has 22 heavy (non-hydrogen) atoms. The largest absolute Gasteiger partial charge is 0.465 e. The molecule has 0 amide bonds. The Hall–Kier alpha value is -2.66. The average Bonchev–Trinajstić information content (AvgIpc) is 2.97. The van der Waals surface area contributed by atoms with Crippen LogP contribution in [0.25, 0.3) is 22.4 Å². The van der Waals surface area contributed by atoms with Crippen LogP contribution in [0, 0.1) is 0 Å². The SMILES string of the molecule is COC(=O)c1ccc(-c2nc3ccc(C(=O)Cl)cc3[nH]2)cc1. The Morgan fingerprint density at radius 1 is 1.09 bits per heavy atom. The Bertz CT molecular complexity index is 869. The monoisotopic (exact) mass is 314 g/mol. The maximum atomic E-state index is 11.4. The quantitative estimate of drug-likeness (QED) is 0.594. The zero-order chi connectivity index (χ0) is 15.7. The average molecular weight is 315 g/mol. The molecule has 0 bridgehead atoms. The third-order valence-corrected chi connectivity index (χ3v) is 3.51. The van der Waals surface area contributed by atoms with Crippen molar-refractivity contribution in [2.75, 3.05) is 7.11 Å². The van der Waals surface area contributed by atoms with Crippen LogP contribution in [0.1, 0.15) is 20.7 Å². The molecule has 2 aromatic carbocycles. The van der Waals surface area contributed by atoms with Gasteiger partial charge in [-0.1, -0.05) is 12.1 Å². The minimum Gasteiger partial charge on any atom is -0.465 e. The summed E-state index contributed by atoms with van der Waals surface area (Å²) >= 11 is 5.47. The number of nitrogens with one attached hydrogen (secondary N) is 1. The summed E-state index contributed by atoms with van der Waals surface area (Å²) in [5.74, 6) is 0.256. The number of imidazole rings is 1. The van der Waals surface area contributed by atoms with Crippen LogP contribution in [0.5, 0.6) is 0 Å². The first-order valence-electron chi connectivity index (χ1n) is 6.47. The highest BCUT2D eigenvalue weighted by Gasteiger charge is 2.10. The van der Waals surface area contributed by atoms with Gasteiger partial charge in [-0.15, -0.1) is 0 Å². The number of hydrogen-bond donors (Lipinski definition) is 1. The van der Waals surface area contributed by atoms with Crippen LogP contribution in [0.4, 0.5) is 0 Å². The van der Waals surface area contributed by atoms with Crippen molar-refractivity contribution >= 4 is 33.8 Å². The molecular weight excluding hydrogens is 304 g/mol. The van der Waals surface area contributed by atoms with Crippen LogP contribution in [-0.2, 0) is 4.74 Å². The number of hydrogen-bond acceptors (Lipinski definition) is 4. The van der Waals surface area contributed by atoms with Gasteiger partial charge in [-0.25, -0.2) is 9.78 Å². The van der Waals surface area contributed by atoms with Crippen LogP contribution in [0.15, 0.2) is 42.5 Å². The lowest BCUT2D eigenvalue weighted by Crippen LogP contribution is -2.00. The lowest BCUT2D eigenvalue weighted by molar-refractivity contribution is 0.0600. The van der Waals surface area contributed by atoms with E-state index in [2.05, 4.69) is 14.7 Å². The maximum Gasteiger partial charge on any atom is 0.337 e. The number of fused-ring (bicyclic) bond motifs is 1. The highest BCUT2D eigenvalue weighted by atomic mass is 35.5. The Morgan fingerprint density at radius 2 is 1.77 bits per heavy atom. The van der Waals surface area contributed by atoms with Gasteiger partial charge >= 0.3 is 5.97 Å². The van der Waals surface area contributed by atoms with Crippen molar-refractivity contribution in [1.82, 2.24) is 9.97 Å². The number of H-pyrrole nitrogens is 1. The van der Waals surface area contributed by atoms with Gasteiger partial charge in [0.15, 0.2) is 0 Å². The maximum absolute atomic E-state index is 11.4. The molecule has 0 saturated heterocycles. The van der Waals surface area contributed by atoms with Gasteiger partial charge in [0.1, 0.15) is 5.82 Å². The highest BCUT2D eigenvalue weighted by molar-refractivity contribution is 6.67. The van der Waals surface area contributed by atoms with E-state index < -0.39 is 5.24 Å². The second kappa shape index (κ2) is 5.61. The predicted molar refractivity (Wildman–Crippen MR) is 83.1 cm³/mol. The van der Waals surface area contributed by atoms with Crippen molar-refractivity contribution in [3.05, 3.63) is 53.6 Å². The molecule has 6 heteroatoms. The molecule has 1 heterocycles. The number of carbonyl (C=O) groups excluding carboxylic acids is 2. The number of ether oxygens (including phenoxy) is 1. The number of nitrogens with zero attached hydrogens (tertiary/aromatic N) is 1. The molecule has 0 fully saturated rings. The summed E-state index contributed by atoms with van der Waals surface area (Å²) in [4.78, 5) is 30.2. The zero-order valence-corrected chi connectivity index (χ0v) is 12.3. The van der Waals surface area contributed by atoms with E-state index in [-0.39, 0.29) is 5.97 Å². The summed E-state index contributed by atoms with van der Waals surface area (Å²) < 4.78 is 4.66. The third kappa shape index (κ3) is 2.58. The van der Waals surface area contributed by atoms with Crippen molar-refractivity contribution < 1.29 is 14.3 Å². The number of carbonyl (C=O) groups is 2. The van der Waals surface area contributed by atoms with E-state index in [0.29, 0.717) is 17.0 Å². The molecular formula is C16H11ClN2O3. The molecule has 0 aliphatic heterocycles. The van der Waals surface area contributed by atoms with Crippen LogP contribution >= 0.6 is 11.6 Å². The second-order valence-corrected chi connectivity index (χ2v) is 5.00. The first-order valence-corrected chi connectivity index (χ1v) is 6.84. The molecule has 0 radical (unpaired) electrons. The number of aromatic nitrogens is 2. The standard InChI is InChI=1S/C16H11ClN2O3/c1-22-16(21)10-4-2-9(3-5-10)15-18-12-7-6-11(14(17)20)8-13(12)19-15/h2-8H,1H3,(H,18,19). The first kappa shape index (κ1) is 14.3. The van der Waals surface area contributed by atoms with Gasteiger partial charge in [0.05, 0.1) is 23.7 Å². The summed E-state index contributed by atoms with van der Waals surface area (Å²) in [5, 5.41) is -0.513. The van der Waals surface area contributed by atoms with E-state index in [4.69, 9.17) is 11.6 Å². The van der Waals surface area contributed by atoms with Crippen molar-refractivity contribution in [3.63, 3.8) is 0 Å². The summed E-state index contributed by atoms with van der Waals surface area (Å²) in [5.41, 5.74) is 3.15. The van der Waals surface area contributed by atoms with Crippen LogP contribution in [0.3, 0.4) is 0 Å². The summed E-state index contributed by atoms with van der Waals surface area (Å²) in [6.07, 6.45) is 0. The minimum atomic E-state index is -0.513. The number of esters is 1. The number of rotatable bonds is 3. The van der Waals surface area contributed by atoms with Crippen molar-refractivity contribution in [2.45, 2.75) is 0 Å². The summed E-state index contributed by atoms with van der Waals surface area (Å²) in [6.45, 7) is 0. The molecule has 0 spiro atoms. The van der Waals surface area contributed by atoms with Crippen LogP contribution in [-0.4, -0.2) is 28.3 Å².